The van der Waals surface area contributed by atoms with Crippen molar-refractivity contribution in [2.45, 2.75) is 4.90 Å². The molecule has 0 saturated heterocycles. The van der Waals surface area contributed by atoms with Gasteiger partial charge in [-0.05, 0) is 18.2 Å². The Labute approximate surface area is 98.1 Å². The van der Waals surface area contributed by atoms with Gasteiger partial charge < -0.3 is 15.5 Å². The molecule has 0 fully saturated rings. The van der Waals surface area contributed by atoms with Crippen LogP contribution in [0.4, 0.5) is 5.69 Å². The van der Waals surface area contributed by atoms with Gasteiger partial charge in [0.05, 0.1) is 5.69 Å². The zero-order chi connectivity index (χ0) is 11.0. The van der Waals surface area contributed by atoms with Crippen LogP contribution >= 0.6 is 27.7 Å². The zero-order valence-electron chi connectivity index (χ0n) is 7.32. The van der Waals surface area contributed by atoms with Crippen LogP contribution in [0.15, 0.2) is 38.4 Å². The summed E-state index contributed by atoms with van der Waals surface area (Å²) in [5.74, 6) is -1.46. The monoisotopic (exact) mass is 287 g/mol. The molecule has 3 N–H and O–H groups in total. The highest BCUT2D eigenvalue weighted by Gasteiger charge is 2.23. The molecule has 15 heavy (non-hydrogen) atoms. The number of halogens is 1. The van der Waals surface area contributed by atoms with Crippen LogP contribution < -0.4 is 5.32 Å². The number of aliphatic carboxylic acids is 1. The van der Waals surface area contributed by atoms with E-state index in [0.717, 1.165) is 21.1 Å². The molecular weight excluding hydrogens is 282 g/mol. The van der Waals surface area contributed by atoms with E-state index in [0.29, 0.717) is 5.69 Å². The van der Waals surface area contributed by atoms with Gasteiger partial charge in [-0.2, -0.15) is 0 Å². The van der Waals surface area contributed by atoms with E-state index in [9.17, 15) is 9.90 Å². The van der Waals surface area contributed by atoms with Crippen LogP contribution in [0.5, 0.6) is 0 Å². The second-order valence-corrected chi connectivity index (χ2v) is 4.82. The summed E-state index contributed by atoms with van der Waals surface area (Å²) < 4.78 is 0.862. The number of hydrogen-bond donors (Lipinski definition) is 3. The van der Waals surface area contributed by atoms with Crippen molar-refractivity contribution in [2.24, 2.45) is 0 Å². The molecule has 2 rings (SSSR count). The van der Waals surface area contributed by atoms with Gasteiger partial charge in [-0.15, -0.1) is 0 Å². The lowest BCUT2D eigenvalue weighted by molar-refractivity contribution is -0.132. The minimum Gasteiger partial charge on any atom is -0.494 e. The first kappa shape index (κ1) is 10.4. The van der Waals surface area contributed by atoms with Crippen molar-refractivity contribution in [1.29, 1.82) is 0 Å². The summed E-state index contributed by atoms with van der Waals surface area (Å²) in [5, 5.41) is 20.9. The number of carboxylic acid groups (broad SMARTS) is 1. The van der Waals surface area contributed by atoms with Gasteiger partial charge in [0, 0.05) is 9.37 Å². The maximum Gasteiger partial charge on any atom is 0.348 e. The molecule has 0 amide bonds. The number of carboxylic acids is 1. The van der Waals surface area contributed by atoms with Crippen LogP contribution in [0.2, 0.25) is 0 Å². The summed E-state index contributed by atoms with van der Waals surface area (Å²) in [6.45, 7) is 0. The third kappa shape index (κ3) is 1.95. The number of hydrogen-bond acceptors (Lipinski definition) is 4. The topological polar surface area (TPSA) is 69.6 Å². The van der Waals surface area contributed by atoms with Crippen molar-refractivity contribution in [3.63, 3.8) is 0 Å². The quantitative estimate of drug-likeness (QED) is 0.741. The molecular formula is C9H6BrNO3S. The summed E-state index contributed by atoms with van der Waals surface area (Å²) in [7, 11) is 0. The molecule has 78 valence electrons. The van der Waals surface area contributed by atoms with Crippen molar-refractivity contribution in [3.8, 4) is 0 Å². The van der Waals surface area contributed by atoms with E-state index in [2.05, 4.69) is 21.2 Å². The summed E-state index contributed by atoms with van der Waals surface area (Å²) in [6, 6.07) is 5.37. The van der Waals surface area contributed by atoms with Crippen LogP contribution in [0.3, 0.4) is 0 Å². The van der Waals surface area contributed by atoms with E-state index >= 15 is 0 Å². The fourth-order valence-corrected chi connectivity index (χ4v) is 2.35. The minimum atomic E-state index is -1.14. The third-order valence-electron chi connectivity index (χ3n) is 1.82. The van der Waals surface area contributed by atoms with Gasteiger partial charge in [0.25, 0.3) is 0 Å². The lowest BCUT2D eigenvalue weighted by Gasteiger charge is -2.18. The molecule has 1 aromatic rings. The number of aliphatic hydroxyl groups is 1. The van der Waals surface area contributed by atoms with Crippen LogP contribution in [-0.4, -0.2) is 16.2 Å². The first-order valence-corrected chi connectivity index (χ1v) is 5.60. The molecule has 0 bridgehead atoms. The Bertz CT molecular complexity index is 472. The smallest absolute Gasteiger partial charge is 0.348 e. The van der Waals surface area contributed by atoms with Gasteiger partial charge in [-0.3, -0.25) is 0 Å². The molecule has 0 aliphatic carbocycles. The number of anilines is 1. The van der Waals surface area contributed by atoms with Gasteiger partial charge in [0.1, 0.15) is 0 Å². The van der Waals surface area contributed by atoms with Crippen molar-refractivity contribution in [1.82, 2.24) is 0 Å². The second kappa shape index (κ2) is 3.79. The largest absolute Gasteiger partial charge is 0.494 e. The van der Waals surface area contributed by atoms with Gasteiger partial charge in [-0.1, -0.05) is 27.7 Å². The summed E-state index contributed by atoms with van der Waals surface area (Å²) >= 11 is 4.32. The van der Waals surface area contributed by atoms with Gasteiger partial charge in [0.2, 0.25) is 5.88 Å². The highest BCUT2D eigenvalue weighted by Crippen LogP contribution is 2.40. The maximum absolute atomic E-state index is 10.8. The van der Waals surface area contributed by atoms with E-state index in [1.165, 1.54) is 0 Å². The molecule has 4 nitrogen and oxygen atoms in total. The van der Waals surface area contributed by atoms with E-state index in [-0.39, 0.29) is 10.8 Å². The van der Waals surface area contributed by atoms with Gasteiger partial charge in [-0.25, -0.2) is 4.79 Å². The Balaban J connectivity index is 2.42. The molecule has 0 radical (unpaired) electrons. The molecule has 0 aromatic heterocycles. The van der Waals surface area contributed by atoms with Crippen LogP contribution in [0.25, 0.3) is 0 Å². The van der Waals surface area contributed by atoms with Gasteiger partial charge in [0.15, 0.2) is 4.91 Å². The Morgan fingerprint density at radius 2 is 2.20 bits per heavy atom. The Morgan fingerprint density at radius 1 is 1.47 bits per heavy atom. The lowest BCUT2D eigenvalue weighted by atomic mass is 10.3. The van der Waals surface area contributed by atoms with Crippen molar-refractivity contribution < 1.29 is 15.0 Å². The Hall–Kier alpha value is -1.14. The molecule has 1 aromatic carbocycles. The number of rotatable bonds is 1. The minimum absolute atomic E-state index is 0.0928. The number of nitrogens with one attached hydrogen (secondary N) is 1. The molecule has 1 heterocycles. The molecule has 6 heteroatoms. The second-order valence-electron chi connectivity index (χ2n) is 2.85. The molecule has 0 spiro atoms. The summed E-state index contributed by atoms with van der Waals surface area (Å²) in [5.41, 5.74) is 0.692. The highest BCUT2D eigenvalue weighted by molar-refractivity contribution is 9.10. The highest BCUT2D eigenvalue weighted by atomic mass is 79.9. The average Bonchev–Trinajstić information content (AvgIpc) is 2.15. The molecule has 1 aliphatic rings. The predicted octanol–water partition coefficient (Wildman–Crippen LogP) is 2.78. The third-order valence-corrected chi connectivity index (χ3v) is 3.46. The number of thioether (sulfide) groups is 1. The van der Waals surface area contributed by atoms with E-state index in [1.54, 1.807) is 12.1 Å². The zero-order valence-corrected chi connectivity index (χ0v) is 9.72. The van der Waals surface area contributed by atoms with E-state index in [4.69, 9.17) is 5.11 Å². The lowest BCUT2D eigenvalue weighted by Crippen LogP contribution is -2.12. The summed E-state index contributed by atoms with van der Waals surface area (Å²) in [4.78, 5) is 11.4. The van der Waals surface area contributed by atoms with Gasteiger partial charge >= 0.3 is 5.97 Å². The Kier molecular flexibility index (Phi) is 2.62. The van der Waals surface area contributed by atoms with E-state index in [1.807, 2.05) is 6.07 Å². The number of carbonyl (C=O) groups is 1. The molecule has 1 aliphatic heterocycles. The molecule has 0 atom stereocenters. The van der Waals surface area contributed by atoms with Crippen LogP contribution in [0.1, 0.15) is 0 Å². The first-order valence-electron chi connectivity index (χ1n) is 3.99. The van der Waals surface area contributed by atoms with E-state index < -0.39 is 5.97 Å². The number of fused-ring (bicyclic) bond motifs is 1. The normalized spacial score (nSPS) is 14.5. The standard InChI is InChI=1S/C9H6BrNO3S/c10-4-1-2-6-5(3-4)11-8(12)7(15-6)9(13)14/h1-3,11-12H,(H,13,14). The fraction of sp³-hybridized carbons (Fsp3) is 0. The average molecular weight is 288 g/mol. The van der Waals surface area contributed by atoms with Crippen molar-refractivity contribution in [2.75, 3.05) is 5.32 Å². The maximum atomic E-state index is 10.8. The fourth-order valence-electron chi connectivity index (χ4n) is 1.18. The SMILES string of the molecule is O=C(O)C1=C(O)Nc2cc(Br)ccc2S1. The van der Waals surface area contributed by atoms with Crippen LogP contribution in [-0.2, 0) is 4.79 Å². The van der Waals surface area contributed by atoms with Crippen molar-refractivity contribution in [3.05, 3.63) is 33.5 Å². The Morgan fingerprint density at radius 3 is 2.87 bits per heavy atom. The van der Waals surface area contributed by atoms with Crippen molar-refractivity contribution >= 4 is 39.3 Å². The molecule has 0 unspecified atom stereocenters. The number of benzene rings is 1. The first-order chi connectivity index (χ1) is 7.08. The molecule has 0 saturated carbocycles. The predicted molar refractivity (Wildman–Crippen MR) is 60.9 cm³/mol. The summed E-state index contributed by atoms with van der Waals surface area (Å²) in [6.07, 6.45) is 0. The van der Waals surface area contributed by atoms with Crippen LogP contribution in [0, 0.1) is 0 Å². The number of aliphatic hydroxyl groups excluding tert-OH is 1.